The first-order valence-electron chi connectivity index (χ1n) is 17.4. The summed E-state index contributed by atoms with van der Waals surface area (Å²) in [7, 11) is 0. The average molecular weight is 619 g/mol. The van der Waals surface area contributed by atoms with Gasteiger partial charge in [-0.15, -0.1) is 0 Å². The van der Waals surface area contributed by atoms with Crippen molar-refractivity contribution < 1.29 is 9.59 Å². The molecule has 3 aliphatic rings. The molecule has 2 aliphatic carbocycles. The summed E-state index contributed by atoms with van der Waals surface area (Å²) in [5.41, 5.74) is 9.54. The molecule has 46 heavy (non-hydrogen) atoms. The minimum absolute atomic E-state index is 0.0787. The monoisotopic (exact) mass is 618 g/mol. The molecule has 7 rings (SSSR count). The van der Waals surface area contributed by atoms with Gasteiger partial charge in [0.2, 0.25) is 11.8 Å². The lowest BCUT2D eigenvalue weighted by Gasteiger charge is -2.34. The number of piperidine rings is 1. The topological polar surface area (TPSA) is 98.0 Å². The SMILES string of the molecule is CCCC(=O)N(CCC)Cc1ncc(-c2ccc3c(c2)CCc2cc(-c4cnc([C@@H]5[C@H]6CC[C@H](C6)N5C(=O)CCC)[nH]4)ccc2-3)[nH]1. The number of likely N-dealkylation sites (tertiary alicyclic amines) is 1. The Morgan fingerprint density at radius 2 is 1.52 bits per heavy atom. The summed E-state index contributed by atoms with van der Waals surface area (Å²) in [5.74, 6) is 2.74. The van der Waals surface area contributed by atoms with Gasteiger partial charge in [0.1, 0.15) is 11.6 Å². The Morgan fingerprint density at radius 1 is 0.848 bits per heavy atom. The number of carbonyl (C=O) groups excluding carboxylic acids is 2. The van der Waals surface area contributed by atoms with E-state index in [0.29, 0.717) is 31.3 Å². The zero-order valence-corrected chi connectivity index (χ0v) is 27.4. The first-order valence-corrected chi connectivity index (χ1v) is 17.4. The number of nitrogens with one attached hydrogen (secondary N) is 2. The van der Waals surface area contributed by atoms with E-state index in [0.717, 1.165) is 85.7 Å². The molecular formula is C38H46N6O2. The lowest BCUT2D eigenvalue weighted by Crippen LogP contribution is -2.40. The lowest BCUT2D eigenvalue weighted by atomic mass is 9.83. The van der Waals surface area contributed by atoms with Crippen LogP contribution in [0.2, 0.25) is 0 Å². The van der Waals surface area contributed by atoms with E-state index in [-0.39, 0.29) is 17.9 Å². The van der Waals surface area contributed by atoms with Crippen molar-refractivity contribution in [2.24, 2.45) is 5.92 Å². The average Bonchev–Trinajstić information content (AvgIpc) is 3.89. The molecule has 4 aromatic rings. The van der Waals surface area contributed by atoms with Crippen LogP contribution in [0, 0.1) is 5.92 Å². The molecule has 3 atom stereocenters. The molecule has 0 radical (unpaired) electrons. The van der Waals surface area contributed by atoms with Gasteiger partial charge in [-0.05, 0) is 103 Å². The van der Waals surface area contributed by atoms with Crippen LogP contribution in [-0.4, -0.2) is 54.1 Å². The lowest BCUT2D eigenvalue weighted by molar-refractivity contribution is -0.136. The number of nitrogens with zero attached hydrogens (tertiary/aromatic N) is 4. The van der Waals surface area contributed by atoms with Crippen molar-refractivity contribution in [3.05, 3.63) is 71.6 Å². The predicted octanol–water partition coefficient (Wildman–Crippen LogP) is 7.62. The zero-order chi connectivity index (χ0) is 31.8. The van der Waals surface area contributed by atoms with E-state index in [9.17, 15) is 9.59 Å². The minimum Gasteiger partial charge on any atom is -0.341 e. The van der Waals surface area contributed by atoms with Crippen LogP contribution in [-0.2, 0) is 29.0 Å². The Kier molecular flexibility index (Phi) is 8.54. The summed E-state index contributed by atoms with van der Waals surface area (Å²) in [6.45, 7) is 7.49. The van der Waals surface area contributed by atoms with E-state index in [1.807, 2.05) is 24.2 Å². The van der Waals surface area contributed by atoms with E-state index in [4.69, 9.17) is 4.98 Å². The summed E-state index contributed by atoms with van der Waals surface area (Å²) in [5, 5.41) is 0. The van der Waals surface area contributed by atoms with Crippen molar-refractivity contribution in [1.82, 2.24) is 29.7 Å². The van der Waals surface area contributed by atoms with Gasteiger partial charge in [0.15, 0.2) is 0 Å². The summed E-state index contributed by atoms with van der Waals surface area (Å²) in [4.78, 5) is 46.2. The van der Waals surface area contributed by atoms with Gasteiger partial charge in [-0.2, -0.15) is 0 Å². The first kappa shape index (κ1) is 30.5. The van der Waals surface area contributed by atoms with Crippen LogP contribution in [0.5, 0.6) is 0 Å². The predicted molar refractivity (Wildman–Crippen MR) is 181 cm³/mol. The Bertz CT molecular complexity index is 1740. The maximum Gasteiger partial charge on any atom is 0.223 e. The molecule has 2 N–H and O–H groups in total. The van der Waals surface area contributed by atoms with E-state index in [1.165, 1.54) is 28.7 Å². The molecule has 2 amide bonds. The van der Waals surface area contributed by atoms with Crippen molar-refractivity contribution in [1.29, 1.82) is 0 Å². The van der Waals surface area contributed by atoms with Crippen LogP contribution in [0.1, 0.15) is 101 Å². The summed E-state index contributed by atoms with van der Waals surface area (Å²) < 4.78 is 0. The summed E-state index contributed by atoms with van der Waals surface area (Å²) in [6, 6.07) is 13.9. The van der Waals surface area contributed by atoms with Gasteiger partial charge >= 0.3 is 0 Å². The van der Waals surface area contributed by atoms with Crippen molar-refractivity contribution in [2.45, 2.75) is 104 Å². The number of H-pyrrole nitrogens is 2. The van der Waals surface area contributed by atoms with E-state index < -0.39 is 0 Å². The number of hydrogen-bond donors (Lipinski definition) is 2. The molecule has 2 bridgehead atoms. The number of amides is 2. The van der Waals surface area contributed by atoms with Crippen molar-refractivity contribution in [3.63, 3.8) is 0 Å². The molecule has 2 aromatic carbocycles. The molecule has 8 heteroatoms. The molecule has 3 heterocycles. The molecule has 240 valence electrons. The van der Waals surface area contributed by atoms with Crippen molar-refractivity contribution >= 4 is 11.8 Å². The molecule has 1 saturated carbocycles. The standard InChI is InChI=1S/C38H46N6O2/c1-4-7-35(45)43(17-6-3)23-34-39-21-32(41-34)26-12-15-30-24(18-26)9-10-25-19-27(13-16-31(25)30)33-22-40-38(42-33)37-28-11-14-29(20-28)44(37)36(46)8-5-2/h12-13,15-16,18-19,21-22,28-29,37H,4-11,14,17,20,23H2,1-3H3,(H,39,41)(H,40,42)/t28-,29+,37-/m0/s1. The van der Waals surface area contributed by atoms with Gasteiger partial charge in [0.05, 0.1) is 36.4 Å². The fourth-order valence-electron chi connectivity index (χ4n) is 8.11. The number of fused-ring (bicyclic) bond motifs is 5. The fraction of sp³-hybridized carbons (Fsp3) is 0.474. The molecule has 2 fully saturated rings. The van der Waals surface area contributed by atoms with E-state index in [1.54, 1.807) is 0 Å². The normalized spacial score (nSPS) is 19.7. The third kappa shape index (κ3) is 5.67. The molecule has 8 nitrogen and oxygen atoms in total. The molecular weight excluding hydrogens is 572 g/mol. The van der Waals surface area contributed by atoms with E-state index >= 15 is 0 Å². The molecule has 0 unspecified atom stereocenters. The highest BCUT2D eigenvalue weighted by molar-refractivity contribution is 5.80. The maximum atomic E-state index is 13.0. The third-order valence-corrected chi connectivity index (χ3v) is 10.3. The number of aryl methyl sites for hydroxylation is 2. The maximum absolute atomic E-state index is 13.0. The zero-order valence-electron chi connectivity index (χ0n) is 27.4. The Labute approximate surface area is 272 Å². The first-order chi connectivity index (χ1) is 22.5. The summed E-state index contributed by atoms with van der Waals surface area (Å²) in [6.07, 6.45) is 13.1. The number of aromatic nitrogens is 4. The molecule has 2 aromatic heterocycles. The van der Waals surface area contributed by atoms with Gasteiger partial charge in [0.25, 0.3) is 0 Å². The largest absolute Gasteiger partial charge is 0.341 e. The number of imidazole rings is 2. The van der Waals surface area contributed by atoms with Crippen LogP contribution in [0.15, 0.2) is 48.8 Å². The van der Waals surface area contributed by atoms with Crippen LogP contribution >= 0.6 is 0 Å². The van der Waals surface area contributed by atoms with Gasteiger partial charge < -0.3 is 19.8 Å². The van der Waals surface area contributed by atoms with Gasteiger partial charge in [-0.1, -0.05) is 45.0 Å². The summed E-state index contributed by atoms with van der Waals surface area (Å²) >= 11 is 0. The molecule has 0 spiro atoms. The van der Waals surface area contributed by atoms with E-state index in [2.05, 4.69) is 70.1 Å². The second-order valence-corrected chi connectivity index (χ2v) is 13.5. The number of rotatable bonds is 11. The Hall–Kier alpha value is -4.20. The molecule has 1 saturated heterocycles. The Morgan fingerprint density at radius 3 is 2.20 bits per heavy atom. The fourth-order valence-corrected chi connectivity index (χ4v) is 8.11. The van der Waals surface area contributed by atoms with Gasteiger partial charge in [-0.25, -0.2) is 9.97 Å². The van der Waals surface area contributed by atoms with Gasteiger partial charge in [-0.3, -0.25) is 9.59 Å². The van der Waals surface area contributed by atoms with Crippen LogP contribution in [0.25, 0.3) is 33.6 Å². The highest BCUT2D eigenvalue weighted by atomic mass is 16.2. The second-order valence-electron chi connectivity index (χ2n) is 13.5. The van der Waals surface area contributed by atoms with Crippen LogP contribution in [0.3, 0.4) is 0 Å². The highest BCUT2D eigenvalue weighted by Gasteiger charge is 2.49. The van der Waals surface area contributed by atoms with Crippen LogP contribution < -0.4 is 0 Å². The Balaban J connectivity index is 1.08. The van der Waals surface area contributed by atoms with Crippen molar-refractivity contribution in [2.75, 3.05) is 6.54 Å². The number of benzene rings is 2. The van der Waals surface area contributed by atoms with Crippen LogP contribution in [0.4, 0.5) is 0 Å². The smallest absolute Gasteiger partial charge is 0.223 e. The minimum atomic E-state index is 0.0787. The highest BCUT2D eigenvalue weighted by Crippen LogP contribution is 2.50. The quantitative estimate of drug-likeness (QED) is 0.181. The van der Waals surface area contributed by atoms with Crippen molar-refractivity contribution in [3.8, 4) is 33.6 Å². The number of carbonyl (C=O) groups is 2. The number of aromatic amines is 2. The van der Waals surface area contributed by atoms with Gasteiger partial charge in [0, 0.05) is 25.4 Å². The molecule has 1 aliphatic heterocycles. The second kappa shape index (κ2) is 12.9. The third-order valence-electron chi connectivity index (χ3n) is 10.3. The number of hydrogen-bond acceptors (Lipinski definition) is 4.